The van der Waals surface area contributed by atoms with Crippen molar-refractivity contribution in [3.05, 3.63) is 18.0 Å². The van der Waals surface area contributed by atoms with Crippen molar-refractivity contribution in [2.75, 3.05) is 0 Å². The molecule has 0 spiro atoms. The highest BCUT2D eigenvalue weighted by atomic mass is 16.1. The number of hydrogen-bond acceptors (Lipinski definition) is 2. The van der Waals surface area contributed by atoms with E-state index >= 15 is 0 Å². The van der Waals surface area contributed by atoms with E-state index in [-0.39, 0.29) is 5.91 Å². The molecule has 0 saturated carbocycles. The zero-order valence-electron chi connectivity index (χ0n) is 8.66. The first kappa shape index (κ1) is 11.7. The summed E-state index contributed by atoms with van der Waals surface area (Å²) in [6.07, 6.45) is 1.84. The Kier molecular flexibility index (Phi) is 5.59. The molecule has 4 nitrogen and oxygen atoms in total. The van der Waals surface area contributed by atoms with Crippen LogP contribution in [0.5, 0.6) is 0 Å². The summed E-state index contributed by atoms with van der Waals surface area (Å²) in [4.78, 5) is 10.5. The molecule has 0 atom stereocenters. The highest BCUT2D eigenvalue weighted by molar-refractivity contribution is 5.72. The highest BCUT2D eigenvalue weighted by Crippen LogP contribution is 1.91. The van der Waals surface area contributed by atoms with E-state index in [2.05, 4.69) is 10.4 Å². The molecule has 1 amide bonds. The van der Waals surface area contributed by atoms with Crippen molar-refractivity contribution in [3.63, 3.8) is 0 Å². The van der Waals surface area contributed by atoms with Gasteiger partial charge in [0.25, 0.3) is 0 Å². The average molecular weight is 183 g/mol. The van der Waals surface area contributed by atoms with Gasteiger partial charge in [0.15, 0.2) is 0 Å². The van der Waals surface area contributed by atoms with Crippen molar-refractivity contribution >= 4 is 5.91 Å². The molecule has 1 N–H and O–H groups in total. The lowest BCUT2D eigenvalue weighted by molar-refractivity contribution is -0.119. The van der Waals surface area contributed by atoms with Crippen LogP contribution in [0.2, 0.25) is 0 Å². The Morgan fingerprint density at radius 1 is 1.62 bits per heavy atom. The van der Waals surface area contributed by atoms with Gasteiger partial charge in [0.2, 0.25) is 5.91 Å². The predicted octanol–water partition coefficient (Wildman–Crippen LogP) is 1.08. The van der Waals surface area contributed by atoms with E-state index in [1.165, 1.54) is 6.92 Å². The molecule has 4 heteroatoms. The van der Waals surface area contributed by atoms with Gasteiger partial charge in [-0.05, 0) is 6.07 Å². The van der Waals surface area contributed by atoms with E-state index in [0.29, 0.717) is 6.54 Å². The first-order valence-electron chi connectivity index (χ1n) is 4.41. The van der Waals surface area contributed by atoms with Crippen molar-refractivity contribution in [2.45, 2.75) is 27.3 Å². The zero-order valence-corrected chi connectivity index (χ0v) is 8.66. The standard InChI is InChI=1S/C7H11N3O.C2H6/c1-6(11)8-5-7-3-4-10(2)9-7;1-2/h3-4H,5H2,1-2H3,(H,8,11);1-2H3. The number of nitrogens with zero attached hydrogens (tertiary/aromatic N) is 2. The first-order chi connectivity index (χ1) is 6.18. The van der Waals surface area contributed by atoms with Crippen LogP contribution in [0, 0.1) is 0 Å². The lowest BCUT2D eigenvalue weighted by Crippen LogP contribution is -2.19. The van der Waals surface area contributed by atoms with Gasteiger partial charge in [-0.15, -0.1) is 0 Å². The molecule has 1 aromatic heterocycles. The molecule has 1 aromatic rings. The smallest absolute Gasteiger partial charge is 0.217 e. The minimum Gasteiger partial charge on any atom is -0.351 e. The Labute approximate surface area is 78.9 Å². The third-order valence-electron chi connectivity index (χ3n) is 1.29. The third kappa shape index (κ3) is 5.00. The highest BCUT2D eigenvalue weighted by Gasteiger charge is 1.96. The van der Waals surface area contributed by atoms with Crippen molar-refractivity contribution in [3.8, 4) is 0 Å². The number of nitrogens with one attached hydrogen (secondary N) is 1. The number of amides is 1. The average Bonchev–Trinajstić information content (AvgIpc) is 2.52. The van der Waals surface area contributed by atoms with Crippen LogP contribution in [0.3, 0.4) is 0 Å². The Balaban J connectivity index is 0.000000671. The topological polar surface area (TPSA) is 46.9 Å². The van der Waals surface area contributed by atoms with E-state index < -0.39 is 0 Å². The summed E-state index contributed by atoms with van der Waals surface area (Å²) in [6.45, 7) is 6.00. The van der Waals surface area contributed by atoms with Gasteiger partial charge in [-0.2, -0.15) is 5.10 Å². The van der Waals surface area contributed by atoms with Crippen LogP contribution >= 0.6 is 0 Å². The molecule has 13 heavy (non-hydrogen) atoms. The number of aryl methyl sites for hydroxylation is 1. The molecule has 0 aliphatic carbocycles. The fraction of sp³-hybridized carbons (Fsp3) is 0.556. The predicted molar refractivity (Wildman–Crippen MR) is 52.1 cm³/mol. The first-order valence-corrected chi connectivity index (χ1v) is 4.41. The van der Waals surface area contributed by atoms with Crippen LogP contribution in [0.15, 0.2) is 12.3 Å². The Hall–Kier alpha value is -1.32. The molecule has 1 rings (SSSR count). The summed E-state index contributed by atoms with van der Waals surface area (Å²) in [5, 5.41) is 6.74. The molecule has 0 unspecified atom stereocenters. The molecule has 0 aliphatic heterocycles. The molecule has 0 saturated heterocycles. The summed E-state index contributed by atoms with van der Waals surface area (Å²) in [7, 11) is 1.84. The Morgan fingerprint density at radius 3 is 2.62 bits per heavy atom. The summed E-state index contributed by atoms with van der Waals surface area (Å²) in [5.41, 5.74) is 0.878. The maximum atomic E-state index is 10.5. The van der Waals surface area contributed by atoms with Crippen LogP contribution in [0.4, 0.5) is 0 Å². The number of hydrogen-bond donors (Lipinski definition) is 1. The molecule has 0 fully saturated rings. The Bertz CT molecular complexity index is 255. The van der Waals surface area contributed by atoms with Crippen molar-refractivity contribution < 1.29 is 4.79 Å². The number of rotatable bonds is 2. The van der Waals surface area contributed by atoms with Crippen LogP contribution < -0.4 is 5.32 Å². The van der Waals surface area contributed by atoms with E-state index in [1.54, 1.807) is 4.68 Å². The van der Waals surface area contributed by atoms with Crippen molar-refractivity contribution in [2.24, 2.45) is 7.05 Å². The van der Waals surface area contributed by atoms with Gasteiger partial charge < -0.3 is 5.32 Å². The number of aromatic nitrogens is 2. The van der Waals surface area contributed by atoms with Crippen LogP contribution in [-0.2, 0) is 18.4 Å². The zero-order chi connectivity index (χ0) is 10.3. The van der Waals surface area contributed by atoms with Gasteiger partial charge in [-0.1, -0.05) is 13.8 Å². The van der Waals surface area contributed by atoms with Gasteiger partial charge in [-0.25, -0.2) is 0 Å². The van der Waals surface area contributed by atoms with Gasteiger partial charge in [0.05, 0.1) is 12.2 Å². The SMILES string of the molecule is CC.CC(=O)NCc1ccn(C)n1. The van der Waals surface area contributed by atoms with Crippen LogP contribution in [0.1, 0.15) is 26.5 Å². The largest absolute Gasteiger partial charge is 0.351 e. The van der Waals surface area contributed by atoms with Crippen LogP contribution in [-0.4, -0.2) is 15.7 Å². The second-order valence-electron chi connectivity index (χ2n) is 2.39. The monoisotopic (exact) mass is 183 g/mol. The minimum atomic E-state index is -0.0318. The molecule has 0 radical (unpaired) electrons. The normalized spacial score (nSPS) is 8.62. The lowest BCUT2D eigenvalue weighted by Gasteiger charge is -1.96. The second kappa shape index (κ2) is 6.22. The van der Waals surface area contributed by atoms with Gasteiger partial charge >= 0.3 is 0 Å². The molecular formula is C9H17N3O. The summed E-state index contributed by atoms with van der Waals surface area (Å²) in [5.74, 6) is -0.0318. The molecule has 0 aliphatic rings. The summed E-state index contributed by atoms with van der Waals surface area (Å²) < 4.78 is 1.71. The van der Waals surface area contributed by atoms with Gasteiger partial charge in [-0.3, -0.25) is 9.48 Å². The molecule has 0 aromatic carbocycles. The quantitative estimate of drug-likeness (QED) is 0.745. The molecule has 74 valence electrons. The van der Waals surface area contributed by atoms with Crippen molar-refractivity contribution in [1.82, 2.24) is 15.1 Å². The van der Waals surface area contributed by atoms with Crippen LogP contribution in [0.25, 0.3) is 0 Å². The van der Waals surface area contributed by atoms with Gasteiger partial charge in [0.1, 0.15) is 0 Å². The fourth-order valence-electron chi connectivity index (χ4n) is 0.772. The molecule has 0 bridgehead atoms. The maximum Gasteiger partial charge on any atom is 0.217 e. The number of carbonyl (C=O) groups is 1. The molecular weight excluding hydrogens is 166 g/mol. The fourth-order valence-corrected chi connectivity index (χ4v) is 0.772. The lowest BCUT2D eigenvalue weighted by atomic mass is 10.4. The van der Waals surface area contributed by atoms with Gasteiger partial charge in [0, 0.05) is 20.2 Å². The summed E-state index contributed by atoms with van der Waals surface area (Å²) >= 11 is 0. The second-order valence-corrected chi connectivity index (χ2v) is 2.39. The Morgan fingerprint density at radius 2 is 2.23 bits per heavy atom. The molecule has 1 heterocycles. The van der Waals surface area contributed by atoms with E-state index in [1.807, 2.05) is 33.2 Å². The van der Waals surface area contributed by atoms with E-state index in [0.717, 1.165) is 5.69 Å². The summed E-state index contributed by atoms with van der Waals surface area (Å²) in [6, 6.07) is 1.87. The minimum absolute atomic E-state index is 0.0318. The van der Waals surface area contributed by atoms with E-state index in [4.69, 9.17) is 0 Å². The maximum absolute atomic E-state index is 10.5. The van der Waals surface area contributed by atoms with E-state index in [9.17, 15) is 4.79 Å². The third-order valence-corrected chi connectivity index (χ3v) is 1.29. The van der Waals surface area contributed by atoms with Crippen molar-refractivity contribution in [1.29, 1.82) is 0 Å². The number of carbonyl (C=O) groups excluding carboxylic acids is 1.